The van der Waals surface area contributed by atoms with E-state index in [9.17, 15) is 4.79 Å². The fraction of sp³-hybridized carbons (Fsp3) is 0.562. The average molecular weight is 276 g/mol. The highest BCUT2D eigenvalue weighted by Crippen LogP contribution is 2.26. The molecule has 0 spiro atoms. The highest BCUT2D eigenvalue weighted by molar-refractivity contribution is 5.81. The quantitative estimate of drug-likeness (QED) is 0.918. The first-order valence-electron chi connectivity index (χ1n) is 7.30. The Morgan fingerprint density at radius 2 is 1.95 bits per heavy atom. The SMILES string of the molecule is Cc1ccc(OC(C)C(=O)N2CCCC2)c([C@H](C)N)c1. The molecular formula is C16H24N2O2. The van der Waals surface area contributed by atoms with Crippen molar-refractivity contribution in [1.29, 1.82) is 0 Å². The molecule has 110 valence electrons. The molecule has 0 saturated carbocycles. The van der Waals surface area contributed by atoms with Gasteiger partial charge in [-0.15, -0.1) is 0 Å². The fourth-order valence-electron chi connectivity index (χ4n) is 2.57. The minimum atomic E-state index is -0.465. The van der Waals surface area contributed by atoms with Gasteiger partial charge in [0, 0.05) is 24.7 Å². The van der Waals surface area contributed by atoms with E-state index < -0.39 is 6.10 Å². The zero-order chi connectivity index (χ0) is 14.7. The summed E-state index contributed by atoms with van der Waals surface area (Å²) in [4.78, 5) is 14.1. The summed E-state index contributed by atoms with van der Waals surface area (Å²) in [6.07, 6.45) is 1.72. The number of carbonyl (C=O) groups excluding carboxylic acids is 1. The second-order valence-corrected chi connectivity index (χ2v) is 5.62. The van der Waals surface area contributed by atoms with Crippen LogP contribution in [0, 0.1) is 6.92 Å². The van der Waals surface area contributed by atoms with Crippen LogP contribution in [0.15, 0.2) is 18.2 Å². The molecule has 2 rings (SSSR count). The van der Waals surface area contributed by atoms with Crippen LogP contribution in [-0.2, 0) is 4.79 Å². The number of hydrogen-bond acceptors (Lipinski definition) is 3. The van der Waals surface area contributed by atoms with Crippen LogP contribution in [0.2, 0.25) is 0 Å². The summed E-state index contributed by atoms with van der Waals surface area (Å²) >= 11 is 0. The summed E-state index contributed by atoms with van der Waals surface area (Å²) < 4.78 is 5.86. The van der Waals surface area contributed by atoms with Gasteiger partial charge in [0.15, 0.2) is 6.10 Å². The van der Waals surface area contributed by atoms with Crippen molar-refractivity contribution in [3.05, 3.63) is 29.3 Å². The van der Waals surface area contributed by atoms with Crippen molar-refractivity contribution in [2.75, 3.05) is 13.1 Å². The standard InChI is InChI=1S/C16H24N2O2/c1-11-6-7-15(14(10-11)12(2)17)20-13(3)16(19)18-8-4-5-9-18/h6-7,10,12-13H,4-5,8-9,17H2,1-3H3/t12-,13?/m0/s1. The van der Waals surface area contributed by atoms with Gasteiger partial charge in [-0.05, 0) is 39.7 Å². The van der Waals surface area contributed by atoms with Crippen molar-refractivity contribution in [2.24, 2.45) is 5.73 Å². The van der Waals surface area contributed by atoms with Crippen LogP contribution >= 0.6 is 0 Å². The monoisotopic (exact) mass is 276 g/mol. The Hall–Kier alpha value is -1.55. The van der Waals surface area contributed by atoms with E-state index in [4.69, 9.17) is 10.5 Å². The summed E-state index contributed by atoms with van der Waals surface area (Å²) in [5, 5.41) is 0. The highest BCUT2D eigenvalue weighted by Gasteiger charge is 2.25. The lowest BCUT2D eigenvalue weighted by Crippen LogP contribution is -2.38. The van der Waals surface area contributed by atoms with E-state index in [0.717, 1.165) is 37.1 Å². The first-order valence-corrected chi connectivity index (χ1v) is 7.30. The van der Waals surface area contributed by atoms with Crippen molar-refractivity contribution in [2.45, 2.75) is 45.8 Å². The van der Waals surface area contributed by atoms with Crippen LogP contribution in [0.4, 0.5) is 0 Å². The molecule has 0 aromatic heterocycles. The zero-order valence-corrected chi connectivity index (χ0v) is 12.6. The number of carbonyl (C=O) groups is 1. The Bertz CT molecular complexity index is 479. The maximum absolute atomic E-state index is 12.3. The van der Waals surface area contributed by atoms with Crippen LogP contribution < -0.4 is 10.5 Å². The molecule has 0 bridgehead atoms. The predicted molar refractivity (Wildman–Crippen MR) is 79.7 cm³/mol. The molecule has 1 saturated heterocycles. The Balaban J connectivity index is 2.10. The lowest BCUT2D eigenvalue weighted by molar-refractivity contribution is -0.136. The molecule has 2 atom stereocenters. The molecule has 1 aliphatic rings. The van der Waals surface area contributed by atoms with Crippen molar-refractivity contribution >= 4 is 5.91 Å². The maximum Gasteiger partial charge on any atom is 0.263 e. The minimum Gasteiger partial charge on any atom is -0.481 e. The molecular weight excluding hydrogens is 252 g/mol. The normalized spacial score (nSPS) is 17.9. The Morgan fingerprint density at radius 1 is 1.30 bits per heavy atom. The second-order valence-electron chi connectivity index (χ2n) is 5.62. The molecule has 1 aromatic carbocycles. The number of ether oxygens (including phenoxy) is 1. The zero-order valence-electron chi connectivity index (χ0n) is 12.6. The molecule has 1 heterocycles. The topological polar surface area (TPSA) is 55.6 Å². The first kappa shape index (κ1) is 14.9. The third-order valence-corrected chi connectivity index (χ3v) is 3.73. The maximum atomic E-state index is 12.3. The van der Waals surface area contributed by atoms with Gasteiger partial charge in [-0.25, -0.2) is 0 Å². The number of nitrogens with zero attached hydrogens (tertiary/aromatic N) is 1. The molecule has 0 aliphatic carbocycles. The van der Waals surface area contributed by atoms with Gasteiger partial charge >= 0.3 is 0 Å². The third kappa shape index (κ3) is 3.31. The summed E-state index contributed by atoms with van der Waals surface area (Å²) in [6.45, 7) is 7.45. The molecule has 0 radical (unpaired) electrons. The molecule has 1 fully saturated rings. The van der Waals surface area contributed by atoms with Gasteiger partial charge in [-0.1, -0.05) is 17.7 Å². The Morgan fingerprint density at radius 3 is 2.55 bits per heavy atom. The molecule has 1 aromatic rings. The number of hydrogen-bond donors (Lipinski definition) is 1. The summed E-state index contributed by atoms with van der Waals surface area (Å²) in [7, 11) is 0. The molecule has 20 heavy (non-hydrogen) atoms. The van der Waals surface area contributed by atoms with E-state index in [1.807, 2.05) is 43.9 Å². The number of nitrogens with two attached hydrogens (primary N) is 1. The van der Waals surface area contributed by atoms with Crippen LogP contribution in [0.25, 0.3) is 0 Å². The van der Waals surface area contributed by atoms with Crippen LogP contribution in [0.3, 0.4) is 0 Å². The summed E-state index contributed by atoms with van der Waals surface area (Å²) in [6, 6.07) is 5.79. The van der Waals surface area contributed by atoms with E-state index in [0.29, 0.717) is 5.75 Å². The predicted octanol–water partition coefficient (Wildman–Crippen LogP) is 2.40. The molecule has 1 aliphatic heterocycles. The lowest BCUT2D eigenvalue weighted by Gasteiger charge is -2.23. The van der Waals surface area contributed by atoms with Gasteiger partial charge in [0.05, 0.1) is 0 Å². The number of aryl methyl sites for hydroxylation is 1. The first-order chi connectivity index (χ1) is 9.49. The van der Waals surface area contributed by atoms with E-state index in [1.54, 1.807) is 0 Å². The van der Waals surface area contributed by atoms with Gasteiger partial charge in [0.1, 0.15) is 5.75 Å². The smallest absolute Gasteiger partial charge is 0.263 e. The van der Waals surface area contributed by atoms with Gasteiger partial charge in [-0.2, -0.15) is 0 Å². The number of rotatable bonds is 4. The Labute approximate surface area is 120 Å². The van der Waals surface area contributed by atoms with E-state index in [1.165, 1.54) is 0 Å². The van der Waals surface area contributed by atoms with Gasteiger partial charge in [0.2, 0.25) is 0 Å². The molecule has 1 unspecified atom stereocenters. The number of benzene rings is 1. The molecule has 1 amide bonds. The number of likely N-dealkylation sites (tertiary alicyclic amines) is 1. The largest absolute Gasteiger partial charge is 0.481 e. The minimum absolute atomic E-state index is 0.0682. The van der Waals surface area contributed by atoms with Gasteiger partial charge in [-0.3, -0.25) is 4.79 Å². The van der Waals surface area contributed by atoms with Crippen LogP contribution in [-0.4, -0.2) is 30.0 Å². The summed E-state index contributed by atoms with van der Waals surface area (Å²) in [5.41, 5.74) is 8.07. The second kappa shape index (κ2) is 6.27. The van der Waals surface area contributed by atoms with E-state index in [2.05, 4.69) is 0 Å². The number of amides is 1. The molecule has 4 heteroatoms. The van der Waals surface area contributed by atoms with Gasteiger partial charge in [0.25, 0.3) is 5.91 Å². The van der Waals surface area contributed by atoms with Crippen LogP contribution in [0.1, 0.15) is 43.9 Å². The van der Waals surface area contributed by atoms with Crippen molar-refractivity contribution in [3.8, 4) is 5.75 Å². The van der Waals surface area contributed by atoms with Crippen molar-refractivity contribution in [3.63, 3.8) is 0 Å². The molecule has 2 N–H and O–H groups in total. The van der Waals surface area contributed by atoms with Gasteiger partial charge < -0.3 is 15.4 Å². The Kier molecular flexibility index (Phi) is 4.65. The van der Waals surface area contributed by atoms with E-state index >= 15 is 0 Å². The van der Waals surface area contributed by atoms with Crippen molar-refractivity contribution in [1.82, 2.24) is 4.90 Å². The third-order valence-electron chi connectivity index (χ3n) is 3.73. The van der Waals surface area contributed by atoms with E-state index in [-0.39, 0.29) is 11.9 Å². The average Bonchev–Trinajstić information content (AvgIpc) is 2.93. The van der Waals surface area contributed by atoms with Crippen molar-refractivity contribution < 1.29 is 9.53 Å². The fourth-order valence-corrected chi connectivity index (χ4v) is 2.57. The highest BCUT2D eigenvalue weighted by atomic mass is 16.5. The lowest BCUT2D eigenvalue weighted by atomic mass is 10.1. The molecule has 4 nitrogen and oxygen atoms in total. The van der Waals surface area contributed by atoms with Crippen LogP contribution in [0.5, 0.6) is 5.75 Å². The summed E-state index contributed by atoms with van der Waals surface area (Å²) in [5.74, 6) is 0.782.